The van der Waals surface area contributed by atoms with Crippen LogP contribution in [0, 0.1) is 11.8 Å². The Labute approximate surface area is 85.8 Å². The minimum atomic E-state index is 0.0844. The molecular formula is C10H21N3O. The molecule has 3 atom stereocenters. The first-order valence-electron chi connectivity index (χ1n) is 5.24. The summed E-state index contributed by atoms with van der Waals surface area (Å²) in [7, 11) is 3.65. The molecule has 0 heterocycles. The molecule has 14 heavy (non-hydrogen) atoms. The van der Waals surface area contributed by atoms with Gasteiger partial charge in [0, 0.05) is 26.1 Å². The van der Waals surface area contributed by atoms with Gasteiger partial charge >= 0.3 is 0 Å². The SMILES string of the molecule is CC1CCC(N)CC1C(=O)NN(C)C. The van der Waals surface area contributed by atoms with Crippen molar-refractivity contribution in [3.8, 4) is 0 Å². The van der Waals surface area contributed by atoms with Gasteiger partial charge in [-0.15, -0.1) is 0 Å². The zero-order valence-electron chi connectivity index (χ0n) is 9.29. The van der Waals surface area contributed by atoms with Crippen molar-refractivity contribution in [2.45, 2.75) is 32.2 Å². The fraction of sp³-hybridized carbons (Fsp3) is 0.900. The van der Waals surface area contributed by atoms with Crippen LogP contribution in [0.25, 0.3) is 0 Å². The molecule has 0 spiro atoms. The zero-order valence-corrected chi connectivity index (χ0v) is 9.29. The molecule has 4 nitrogen and oxygen atoms in total. The van der Waals surface area contributed by atoms with Crippen molar-refractivity contribution in [1.82, 2.24) is 10.4 Å². The van der Waals surface area contributed by atoms with Crippen LogP contribution < -0.4 is 11.2 Å². The second-order valence-electron chi connectivity index (χ2n) is 4.53. The van der Waals surface area contributed by atoms with E-state index in [4.69, 9.17) is 5.73 Å². The second-order valence-corrected chi connectivity index (χ2v) is 4.53. The highest BCUT2D eigenvalue weighted by Crippen LogP contribution is 2.29. The van der Waals surface area contributed by atoms with E-state index in [9.17, 15) is 4.79 Å². The summed E-state index contributed by atoms with van der Waals surface area (Å²) in [5.74, 6) is 0.647. The van der Waals surface area contributed by atoms with E-state index in [1.807, 2.05) is 14.1 Å². The van der Waals surface area contributed by atoms with Crippen molar-refractivity contribution < 1.29 is 4.79 Å². The lowest BCUT2D eigenvalue weighted by atomic mass is 9.78. The molecule has 0 aliphatic heterocycles. The molecule has 0 aromatic heterocycles. The Bertz CT molecular complexity index is 206. The van der Waals surface area contributed by atoms with Crippen LogP contribution in [0.1, 0.15) is 26.2 Å². The fourth-order valence-electron chi connectivity index (χ4n) is 2.02. The van der Waals surface area contributed by atoms with Crippen LogP contribution in [0.5, 0.6) is 0 Å². The Morgan fingerprint density at radius 1 is 1.43 bits per heavy atom. The Balaban J connectivity index is 2.51. The van der Waals surface area contributed by atoms with Gasteiger partial charge in [-0.25, -0.2) is 5.01 Å². The van der Waals surface area contributed by atoms with E-state index >= 15 is 0 Å². The molecule has 0 aromatic rings. The monoisotopic (exact) mass is 199 g/mol. The first-order valence-corrected chi connectivity index (χ1v) is 5.24. The number of carbonyl (C=O) groups is 1. The molecular weight excluding hydrogens is 178 g/mol. The highest BCUT2D eigenvalue weighted by atomic mass is 16.2. The van der Waals surface area contributed by atoms with Crippen molar-refractivity contribution >= 4 is 5.91 Å². The molecule has 3 N–H and O–H groups in total. The van der Waals surface area contributed by atoms with Crippen LogP contribution in [0.2, 0.25) is 0 Å². The fourth-order valence-corrected chi connectivity index (χ4v) is 2.02. The predicted octanol–water partition coefficient (Wildman–Crippen LogP) is 0.343. The summed E-state index contributed by atoms with van der Waals surface area (Å²) in [6, 6.07) is 0.198. The van der Waals surface area contributed by atoms with E-state index in [2.05, 4.69) is 12.3 Å². The van der Waals surface area contributed by atoms with Gasteiger partial charge in [-0.3, -0.25) is 10.2 Å². The highest BCUT2D eigenvalue weighted by Gasteiger charge is 2.31. The maximum Gasteiger partial charge on any atom is 0.237 e. The molecule has 0 radical (unpaired) electrons. The van der Waals surface area contributed by atoms with Crippen LogP contribution >= 0.6 is 0 Å². The van der Waals surface area contributed by atoms with E-state index in [0.717, 1.165) is 19.3 Å². The van der Waals surface area contributed by atoms with Crippen LogP contribution in [0.3, 0.4) is 0 Å². The molecule has 1 saturated carbocycles. The van der Waals surface area contributed by atoms with E-state index in [-0.39, 0.29) is 17.9 Å². The Kier molecular flexibility index (Phi) is 3.89. The van der Waals surface area contributed by atoms with Crippen molar-refractivity contribution in [2.24, 2.45) is 17.6 Å². The van der Waals surface area contributed by atoms with Gasteiger partial charge in [0.25, 0.3) is 0 Å². The predicted molar refractivity (Wildman–Crippen MR) is 56.3 cm³/mol. The van der Waals surface area contributed by atoms with Gasteiger partial charge in [-0.1, -0.05) is 6.92 Å². The van der Waals surface area contributed by atoms with Gasteiger partial charge < -0.3 is 5.73 Å². The first-order chi connectivity index (χ1) is 6.50. The van der Waals surface area contributed by atoms with E-state index in [0.29, 0.717) is 5.92 Å². The number of hydrazine groups is 1. The lowest BCUT2D eigenvalue weighted by molar-refractivity contribution is -0.131. The van der Waals surface area contributed by atoms with Gasteiger partial charge in [0.15, 0.2) is 0 Å². The summed E-state index contributed by atoms with van der Waals surface area (Å²) in [6.07, 6.45) is 2.93. The number of nitrogens with two attached hydrogens (primary N) is 1. The maximum absolute atomic E-state index is 11.8. The summed E-state index contributed by atoms with van der Waals surface area (Å²) in [4.78, 5) is 11.8. The van der Waals surface area contributed by atoms with Crippen LogP contribution in [0.4, 0.5) is 0 Å². The highest BCUT2D eigenvalue weighted by molar-refractivity contribution is 5.78. The number of amides is 1. The quantitative estimate of drug-likeness (QED) is 0.631. The van der Waals surface area contributed by atoms with E-state index in [1.54, 1.807) is 5.01 Å². The average molecular weight is 199 g/mol. The average Bonchev–Trinajstić information content (AvgIpc) is 2.08. The number of nitrogens with one attached hydrogen (secondary N) is 1. The normalized spacial score (nSPS) is 33.1. The van der Waals surface area contributed by atoms with Crippen LogP contribution in [0.15, 0.2) is 0 Å². The number of nitrogens with zero attached hydrogens (tertiary/aromatic N) is 1. The molecule has 1 rings (SSSR count). The summed E-state index contributed by atoms with van der Waals surface area (Å²) >= 11 is 0. The van der Waals surface area contributed by atoms with E-state index in [1.165, 1.54) is 0 Å². The Hall–Kier alpha value is -0.610. The molecule has 3 unspecified atom stereocenters. The molecule has 1 aliphatic rings. The summed E-state index contributed by atoms with van der Waals surface area (Å²) in [5, 5.41) is 1.69. The maximum atomic E-state index is 11.8. The Morgan fingerprint density at radius 3 is 2.64 bits per heavy atom. The van der Waals surface area contributed by atoms with E-state index < -0.39 is 0 Å². The first kappa shape index (κ1) is 11.5. The van der Waals surface area contributed by atoms with Gasteiger partial charge in [-0.05, 0) is 25.2 Å². The standard InChI is InChI=1S/C10H21N3O/c1-7-4-5-8(11)6-9(7)10(14)12-13(2)3/h7-9H,4-6,11H2,1-3H3,(H,12,14). The van der Waals surface area contributed by atoms with Crippen molar-refractivity contribution in [2.75, 3.05) is 14.1 Å². The summed E-state index contributed by atoms with van der Waals surface area (Å²) < 4.78 is 0. The minimum Gasteiger partial charge on any atom is -0.328 e. The third-order valence-corrected chi connectivity index (χ3v) is 2.91. The lowest BCUT2D eigenvalue weighted by Crippen LogP contribution is -2.45. The number of hydrogen-bond donors (Lipinski definition) is 2. The van der Waals surface area contributed by atoms with Gasteiger partial charge in [0.2, 0.25) is 5.91 Å². The van der Waals surface area contributed by atoms with Gasteiger partial charge in [0.05, 0.1) is 0 Å². The summed E-state index contributed by atoms with van der Waals surface area (Å²) in [6.45, 7) is 2.13. The summed E-state index contributed by atoms with van der Waals surface area (Å²) in [5.41, 5.74) is 8.66. The minimum absolute atomic E-state index is 0.0844. The number of carbonyl (C=O) groups excluding carboxylic acids is 1. The second kappa shape index (κ2) is 4.75. The third-order valence-electron chi connectivity index (χ3n) is 2.91. The zero-order chi connectivity index (χ0) is 10.7. The molecule has 4 heteroatoms. The molecule has 1 aliphatic carbocycles. The molecule has 0 bridgehead atoms. The van der Waals surface area contributed by atoms with Crippen molar-refractivity contribution in [3.63, 3.8) is 0 Å². The molecule has 1 fully saturated rings. The largest absolute Gasteiger partial charge is 0.328 e. The third kappa shape index (κ3) is 2.96. The van der Waals surface area contributed by atoms with Gasteiger partial charge in [-0.2, -0.15) is 0 Å². The van der Waals surface area contributed by atoms with Crippen LogP contribution in [-0.4, -0.2) is 31.1 Å². The number of hydrogen-bond acceptors (Lipinski definition) is 3. The Morgan fingerprint density at radius 2 is 2.07 bits per heavy atom. The van der Waals surface area contributed by atoms with Crippen molar-refractivity contribution in [1.29, 1.82) is 0 Å². The smallest absolute Gasteiger partial charge is 0.237 e. The lowest BCUT2D eigenvalue weighted by Gasteiger charge is -2.32. The van der Waals surface area contributed by atoms with Crippen molar-refractivity contribution in [3.05, 3.63) is 0 Å². The topological polar surface area (TPSA) is 58.4 Å². The van der Waals surface area contributed by atoms with Gasteiger partial charge in [0.1, 0.15) is 0 Å². The molecule has 1 amide bonds. The molecule has 82 valence electrons. The van der Waals surface area contributed by atoms with Crippen LogP contribution in [-0.2, 0) is 4.79 Å². The number of rotatable bonds is 2. The molecule has 0 saturated heterocycles. The molecule has 0 aromatic carbocycles.